The van der Waals surface area contributed by atoms with Gasteiger partial charge in [-0.3, -0.25) is 0 Å². The van der Waals surface area contributed by atoms with Gasteiger partial charge in [0, 0.05) is 31.4 Å². The summed E-state index contributed by atoms with van der Waals surface area (Å²) in [6.45, 7) is 1.89. The molecule has 0 spiro atoms. The second-order valence-electron chi connectivity index (χ2n) is 4.68. The summed E-state index contributed by atoms with van der Waals surface area (Å²) in [7, 11) is 1.62. The lowest BCUT2D eigenvalue weighted by molar-refractivity contribution is 0.410. The van der Waals surface area contributed by atoms with E-state index < -0.39 is 0 Å². The number of methoxy groups -OCH3 is 1. The van der Waals surface area contributed by atoms with Crippen molar-refractivity contribution in [2.24, 2.45) is 0 Å². The van der Waals surface area contributed by atoms with Crippen LogP contribution in [-0.2, 0) is 0 Å². The molecule has 1 atom stereocenters. The van der Waals surface area contributed by atoms with Crippen molar-refractivity contribution in [1.29, 1.82) is 0 Å². The quantitative estimate of drug-likeness (QED) is 0.906. The second-order valence-corrected chi connectivity index (χ2v) is 4.68. The van der Waals surface area contributed by atoms with Crippen LogP contribution in [0.2, 0.25) is 0 Å². The van der Waals surface area contributed by atoms with E-state index in [1.54, 1.807) is 25.7 Å². The Bertz CT molecular complexity index is 510. The molecule has 0 aromatic carbocycles. The van der Waals surface area contributed by atoms with Crippen molar-refractivity contribution in [3.8, 4) is 5.75 Å². The number of nitrogens with zero attached hydrogens (tertiary/aromatic N) is 4. The third kappa shape index (κ3) is 2.52. The second kappa shape index (κ2) is 5.26. The van der Waals surface area contributed by atoms with Crippen molar-refractivity contribution in [1.82, 2.24) is 19.9 Å². The van der Waals surface area contributed by atoms with E-state index in [0.29, 0.717) is 11.7 Å². The van der Waals surface area contributed by atoms with Crippen molar-refractivity contribution in [2.45, 2.75) is 18.8 Å². The molecule has 0 amide bonds. The van der Waals surface area contributed by atoms with Crippen molar-refractivity contribution in [3.63, 3.8) is 0 Å². The molecule has 6 heteroatoms. The zero-order valence-corrected chi connectivity index (χ0v) is 10.9. The van der Waals surface area contributed by atoms with Gasteiger partial charge in [-0.25, -0.2) is 15.0 Å². The van der Waals surface area contributed by atoms with Gasteiger partial charge < -0.3 is 14.6 Å². The Labute approximate surface area is 111 Å². The maximum atomic E-state index is 5.08. The van der Waals surface area contributed by atoms with Gasteiger partial charge in [0.25, 0.3) is 0 Å². The van der Waals surface area contributed by atoms with Crippen LogP contribution in [0.15, 0.2) is 24.8 Å². The number of rotatable bonds is 3. The van der Waals surface area contributed by atoms with Gasteiger partial charge in [-0.05, 0) is 12.8 Å². The summed E-state index contributed by atoms with van der Waals surface area (Å²) in [5.74, 6) is 2.92. The number of H-pyrrole nitrogens is 1. The fourth-order valence-electron chi connectivity index (χ4n) is 2.46. The number of anilines is 1. The normalized spacial score (nSPS) is 19.4. The minimum Gasteiger partial charge on any atom is -0.494 e. The smallest absolute Gasteiger partial charge is 0.225 e. The van der Waals surface area contributed by atoms with Crippen molar-refractivity contribution in [3.05, 3.63) is 30.6 Å². The highest BCUT2D eigenvalue weighted by Gasteiger charge is 2.24. The first-order valence-electron chi connectivity index (χ1n) is 6.47. The molecule has 0 unspecified atom stereocenters. The van der Waals surface area contributed by atoms with Crippen LogP contribution in [0.3, 0.4) is 0 Å². The minimum atomic E-state index is 0.425. The fraction of sp³-hybridized carbons (Fsp3) is 0.462. The maximum absolute atomic E-state index is 5.08. The molecule has 0 aliphatic carbocycles. The molecule has 1 aliphatic heterocycles. The third-order valence-electron chi connectivity index (χ3n) is 3.46. The molecule has 3 heterocycles. The Kier molecular flexibility index (Phi) is 3.31. The van der Waals surface area contributed by atoms with Gasteiger partial charge in [0.15, 0.2) is 5.75 Å². The fourth-order valence-corrected chi connectivity index (χ4v) is 2.46. The minimum absolute atomic E-state index is 0.425. The molecule has 0 saturated carbocycles. The lowest BCUT2D eigenvalue weighted by Gasteiger charge is -2.31. The van der Waals surface area contributed by atoms with E-state index in [-0.39, 0.29) is 0 Å². The Balaban J connectivity index is 1.73. The Morgan fingerprint density at radius 1 is 1.32 bits per heavy atom. The van der Waals surface area contributed by atoms with E-state index in [1.165, 1.54) is 0 Å². The van der Waals surface area contributed by atoms with Gasteiger partial charge in [0.1, 0.15) is 5.82 Å². The van der Waals surface area contributed by atoms with Gasteiger partial charge >= 0.3 is 0 Å². The summed E-state index contributed by atoms with van der Waals surface area (Å²) >= 11 is 0. The molecule has 6 nitrogen and oxygen atoms in total. The van der Waals surface area contributed by atoms with Gasteiger partial charge in [-0.15, -0.1) is 0 Å². The largest absolute Gasteiger partial charge is 0.494 e. The number of piperidine rings is 1. The van der Waals surface area contributed by atoms with Gasteiger partial charge in [0.2, 0.25) is 5.95 Å². The molecule has 0 bridgehead atoms. The number of aromatic amines is 1. The van der Waals surface area contributed by atoms with E-state index in [4.69, 9.17) is 4.74 Å². The SMILES string of the molecule is COc1cnc(N2CCC[C@H](c3ncc[nH]3)C2)nc1. The van der Waals surface area contributed by atoms with Crippen LogP contribution in [0.4, 0.5) is 5.95 Å². The number of hydrogen-bond donors (Lipinski definition) is 1. The van der Waals surface area contributed by atoms with Crippen molar-refractivity contribution < 1.29 is 4.74 Å². The molecule has 2 aromatic heterocycles. The summed E-state index contributed by atoms with van der Waals surface area (Å²) in [6.07, 6.45) is 9.37. The van der Waals surface area contributed by atoms with E-state index in [0.717, 1.165) is 37.7 Å². The maximum Gasteiger partial charge on any atom is 0.225 e. The Morgan fingerprint density at radius 3 is 2.84 bits per heavy atom. The highest BCUT2D eigenvalue weighted by molar-refractivity contribution is 5.33. The molecule has 1 saturated heterocycles. The zero-order chi connectivity index (χ0) is 13.1. The third-order valence-corrected chi connectivity index (χ3v) is 3.46. The molecule has 1 fully saturated rings. The highest BCUT2D eigenvalue weighted by atomic mass is 16.5. The standard InChI is InChI=1S/C13H17N5O/c1-19-11-7-16-13(17-8-11)18-6-2-3-10(9-18)12-14-4-5-15-12/h4-5,7-8,10H,2-3,6,9H2,1H3,(H,14,15)/t10-/m0/s1. The predicted octanol–water partition coefficient (Wildman–Crippen LogP) is 1.59. The molecule has 2 aromatic rings. The van der Waals surface area contributed by atoms with Crippen molar-refractivity contribution >= 4 is 5.95 Å². The summed E-state index contributed by atoms with van der Waals surface area (Å²) < 4.78 is 5.08. The highest BCUT2D eigenvalue weighted by Crippen LogP contribution is 2.26. The summed E-state index contributed by atoms with van der Waals surface area (Å²) in [4.78, 5) is 18.5. The van der Waals surface area contributed by atoms with Crippen LogP contribution >= 0.6 is 0 Å². The Morgan fingerprint density at radius 2 is 2.16 bits per heavy atom. The molecule has 1 N–H and O–H groups in total. The first-order chi connectivity index (χ1) is 9.36. The Hall–Kier alpha value is -2.11. The average molecular weight is 259 g/mol. The number of ether oxygens (including phenoxy) is 1. The molecule has 0 radical (unpaired) electrons. The average Bonchev–Trinajstić information content (AvgIpc) is 3.02. The van der Waals surface area contributed by atoms with Crippen LogP contribution in [0.5, 0.6) is 5.75 Å². The summed E-state index contributed by atoms with van der Waals surface area (Å²) in [5, 5.41) is 0. The lowest BCUT2D eigenvalue weighted by Crippen LogP contribution is -2.35. The number of hydrogen-bond acceptors (Lipinski definition) is 5. The van der Waals surface area contributed by atoms with Gasteiger partial charge in [0.05, 0.1) is 19.5 Å². The van der Waals surface area contributed by atoms with Crippen molar-refractivity contribution in [2.75, 3.05) is 25.1 Å². The van der Waals surface area contributed by atoms with Crippen LogP contribution in [0.25, 0.3) is 0 Å². The molecular formula is C13H17N5O. The number of aromatic nitrogens is 4. The number of nitrogens with one attached hydrogen (secondary N) is 1. The van der Waals surface area contributed by atoms with Crippen LogP contribution in [0.1, 0.15) is 24.6 Å². The van der Waals surface area contributed by atoms with Gasteiger partial charge in [-0.1, -0.05) is 0 Å². The van der Waals surface area contributed by atoms with E-state index in [2.05, 4.69) is 24.8 Å². The molecular weight excluding hydrogens is 242 g/mol. The van der Waals surface area contributed by atoms with Gasteiger partial charge in [-0.2, -0.15) is 0 Å². The van der Waals surface area contributed by atoms with Crippen LogP contribution in [0, 0.1) is 0 Å². The summed E-state index contributed by atoms with van der Waals surface area (Å²) in [6, 6.07) is 0. The molecule has 3 rings (SSSR count). The van der Waals surface area contributed by atoms with E-state index in [1.807, 2.05) is 6.20 Å². The summed E-state index contributed by atoms with van der Waals surface area (Å²) in [5.41, 5.74) is 0. The lowest BCUT2D eigenvalue weighted by atomic mass is 9.98. The van der Waals surface area contributed by atoms with Crippen LogP contribution in [-0.4, -0.2) is 40.1 Å². The molecule has 19 heavy (non-hydrogen) atoms. The van der Waals surface area contributed by atoms with E-state index in [9.17, 15) is 0 Å². The monoisotopic (exact) mass is 259 g/mol. The predicted molar refractivity (Wildman–Crippen MR) is 71.4 cm³/mol. The topological polar surface area (TPSA) is 66.9 Å². The number of imidazole rings is 1. The first kappa shape index (κ1) is 12.0. The zero-order valence-electron chi connectivity index (χ0n) is 10.9. The molecule has 100 valence electrons. The van der Waals surface area contributed by atoms with E-state index >= 15 is 0 Å². The van der Waals surface area contributed by atoms with Crippen LogP contribution < -0.4 is 9.64 Å². The molecule has 1 aliphatic rings. The first-order valence-corrected chi connectivity index (χ1v) is 6.47.